The van der Waals surface area contributed by atoms with Crippen molar-refractivity contribution < 1.29 is 0 Å². The van der Waals surface area contributed by atoms with Crippen molar-refractivity contribution in [1.29, 1.82) is 0 Å². The van der Waals surface area contributed by atoms with Crippen molar-refractivity contribution in [3.8, 4) is 44.5 Å². The van der Waals surface area contributed by atoms with Crippen LogP contribution in [0.5, 0.6) is 0 Å². The van der Waals surface area contributed by atoms with E-state index in [4.69, 9.17) is 4.98 Å². The largest absolute Gasteiger partial charge is 0.256 e. The third kappa shape index (κ3) is 2.51. The number of pyridine rings is 1. The summed E-state index contributed by atoms with van der Waals surface area (Å²) in [5.41, 5.74) is 12.6. The lowest BCUT2D eigenvalue weighted by Gasteiger charge is -2.19. The first-order valence-corrected chi connectivity index (χ1v) is 11.4. The number of hydrogen-bond acceptors (Lipinski definition) is 1. The van der Waals surface area contributed by atoms with Gasteiger partial charge in [-0.25, -0.2) is 0 Å². The van der Waals surface area contributed by atoms with Gasteiger partial charge in [-0.15, -0.1) is 0 Å². The molecule has 0 fully saturated rings. The maximum atomic E-state index is 4.97. The van der Waals surface area contributed by atoms with Crippen LogP contribution in [0.4, 0.5) is 0 Å². The Hall–Kier alpha value is -4.23. The molecule has 0 N–H and O–H groups in total. The Balaban J connectivity index is 1.78. The van der Waals surface area contributed by atoms with Crippen LogP contribution in [0.2, 0.25) is 0 Å². The monoisotopic (exact) mass is 419 g/mol. The van der Waals surface area contributed by atoms with Gasteiger partial charge in [-0.3, -0.25) is 4.98 Å². The van der Waals surface area contributed by atoms with Gasteiger partial charge in [0.25, 0.3) is 0 Å². The average molecular weight is 420 g/mol. The van der Waals surface area contributed by atoms with Crippen molar-refractivity contribution in [2.75, 3.05) is 0 Å². The summed E-state index contributed by atoms with van der Waals surface area (Å²) in [7, 11) is 0. The van der Waals surface area contributed by atoms with Crippen LogP contribution in [0.15, 0.2) is 109 Å². The third-order valence-corrected chi connectivity index (χ3v) is 6.99. The quantitative estimate of drug-likeness (QED) is 0.273. The van der Waals surface area contributed by atoms with E-state index in [1.165, 1.54) is 66.2 Å². The van der Waals surface area contributed by atoms with Gasteiger partial charge in [0.05, 0.1) is 5.52 Å². The zero-order valence-corrected chi connectivity index (χ0v) is 18.3. The van der Waals surface area contributed by atoms with Crippen LogP contribution in [0.3, 0.4) is 0 Å². The molecule has 0 spiro atoms. The van der Waals surface area contributed by atoms with E-state index in [1.54, 1.807) is 0 Å². The Bertz CT molecular complexity index is 1600. The van der Waals surface area contributed by atoms with Crippen LogP contribution in [-0.2, 0) is 0 Å². The summed E-state index contributed by atoms with van der Waals surface area (Å²) in [5.74, 6) is 0. The Morgan fingerprint density at radius 2 is 1.12 bits per heavy atom. The molecule has 0 aliphatic heterocycles. The minimum absolute atomic E-state index is 1.06. The second-order valence-corrected chi connectivity index (χ2v) is 8.79. The highest BCUT2D eigenvalue weighted by molar-refractivity contribution is 6.27. The van der Waals surface area contributed by atoms with Crippen molar-refractivity contribution in [1.82, 2.24) is 4.98 Å². The van der Waals surface area contributed by atoms with Crippen LogP contribution >= 0.6 is 0 Å². The van der Waals surface area contributed by atoms with Gasteiger partial charge in [0.2, 0.25) is 0 Å². The van der Waals surface area contributed by atoms with Crippen molar-refractivity contribution in [2.24, 2.45) is 0 Å². The highest BCUT2D eigenvalue weighted by Crippen LogP contribution is 2.57. The first-order valence-electron chi connectivity index (χ1n) is 11.4. The SMILES string of the molecule is Cc1ccc2c3c(cccc13)-c1c-2c(-c2ccccc2)c2ncccc2c1-c1ccccc1. The smallest absolute Gasteiger partial charge is 0.0793 e. The number of rotatable bonds is 2. The predicted molar refractivity (Wildman–Crippen MR) is 139 cm³/mol. The lowest BCUT2D eigenvalue weighted by molar-refractivity contribution is 1.41. The Morgan fingerprint density at radius 1 is 0.485 bits per heavy atom. The summed E-state index contributed by atoms with van der Waals surface area (Å²) < 4.78 is 0. The molecule has 1 heteroatoms. The fourth-order valence-electron chi connectivity index (χ4n) is 5.61. The molecule has 0 atom stereocenters. The minimum Gasteiger partial charge on any atom is -0.256 e. The lowest BCUT2D eigenvalue weighted by atomic mass is 9.84. The van der Waals surface area contributed by atoms with Gasteiger partial charge in [0.15, 0.2) is 0 Å². The predicted octanol–water partition coefficient (Wildman–Crippen LogP) is 8.68. The molecule has 0 saturated carbocycles. The van der Waals surface area contributed by atoms with Crippen molar-refractivity contribution in [3.05, 3.63) is 115 Å². The second-order valence-electron chi connectivity index (χ2n) is 8.79. The normalized spacial score (nSPS) is 11.8. The third-order valence-electron chi connectivity index (χ3n) is 6.99. The summed E-state index contributed by atoms with van der Waals surface area (Å²) in [6.07, 6.45) is 1.92. The van der Waals surface area contributed by atoms with Crippen LogP contribution in [0.25, 0.3) is 66.2 Å². The number of aromatic nitrogens is 1. The highest BCUT2D eigenvalue weighted by atomic mass is 14.7. The van der Waals surface area contributed by atoms with E-state index < -0.39 is 0 Å². The maximum Gasteiger partial charge on any atom is 0.0793 e. The molecule has 7 rings (SSSR count). The topological polar surface area (TPSA) is 12.9 Å². The summed E-state index contributed by atoms with van der Waals surface area (Å²) in [6, 6.07) is 37.1. The molecule has 5 aromatic carbocycles. The first kappa shape index (κ1) is 18.4. The van der Waals surface area contributed by atoms with Crippen molar-refractivity contribution in [3.63, 3.8) is 0 Å². The molecule has 1 aliphatic rings. The van der Waals surface area contributed by atoms with Gasteiger partial charge in [0, 0.05) is 22.7 Å². The molecule has 1 heterocycles. The molecule has 0 radical (unpaired) electrons. The number of hydrogen-bond donors (Lipinski definition) is 0. The van der Waals surface area contributed by atoms with E-state index in [-0.39, 0.29) is 0 Å². The molecule has 154 valence electrons. The minimum atomic E-state index is 1.06. The van der Waals surface area contributed by atoms with E-state index in [2.05, 4.69) is 110 Å². The standard InChI is InChI=1S/C32H21N/c1-20-17-18-25-29-23(20)14-8-15-24(29)30-27(21-10-4-2-5-11-21)26-16-9-19-33-32(26)28(31(25)30)22-12-6-3-7-13-22/h2-19H,1H3. The van der Waals surface area contributed by atoms with Crippen LogP contribution < -0.4 is 0 Å². The second kappa shape index (κ2) is 6.88. The van der Waals surface area contributed by atoms with Crippen molar-refractivity contribution in [2.45, 2.75) is 6.92 Å². The summed E-state index contributed by atoms with van der Waals surface area (Å²) in [4.78, 5) is 4.97. The van der Waals surface area contributed by atoms with Crippen LogP contribution in [0, 0.1) is 6.92 Å². The first-order chi connectivity index (χ1) is 16.3. The fourth-order valence-corrected chi connectivity index (χ4v) is 5.61. The Labute approximate surface area is 193 Å². The number of nitrogens with zero attached hydrogens (tertiary/aromatic N) is 1. The summed E-state index contributed by atoms with van der Waals surface area (Å²) >= 11 is 0. The zero-order chi connectivity index (χ0) is 21.9. The maximum absolute atomic E-state index is 4.97. The zero-order valence-electron chi connectivity index (χ0n) is 18.3. The van der Waals surface area contributed by atoms with Crippen molar-refractivity contribution >= 4 is 21.7 Å². The van der Waals surface area contributed by atoms with Gasteiger partial charge in [-0.05, 0) is 62.7 Å². The van der Waals surface area contributed by atoms with Gasteiger partial charge >= 0.3 is 0 Å². The molecule has 0 amide bonds. The molecule has 1 aliphatic carbocycles. The molecule has 1 aromatic heterocycles. The number of aryl methyl sites for hydroxylation is 1. The van der Waals surface area contributed by atoms with Crippen LogP contribution in [0.1, 0.15) is 5.56 Å². The highest BCUT2D eigenvalue weighted by Gasteiger charge is 2.30. The molecule has 0 saturated heterocycles. The van der Waals surface area contributed by atoms with E-state index >= 15 is 0 Å². The number of fused-ring (bicyclic) bond motifs is 4. The Morgan fingerprint density at radius 3 is 1.88 bits per heavy atom. The number of benzene rings is 5. The van der Waals surface area contributed by atoms with Gasteiger partial charge in [-0.1, -0.05) is 97.1 Å². The van der Waals surface area contributed by atoms with Crippen LogP contribution in [-0.4, -0.2) is 4.98 Å². The summed E-state index contributed by atoms with van der Waals surface area (Å²) in [6.45, 7) is 2.21. The molecular weight excluding hydrogens is 398 g/mol. The van der Waals surface area contributed by atoms with Gasteiger partial charge < -0.3 is 0 Å². The van der Waals surface area contributed by atoms with E-state index in [0.29, 0.717) is 0 Å². The fraction of sp³-hybridized carbons (Fsp3) is 0.0312. The Kier molecular flexibility index (Phi) is 3.83. The summed E-state index contributed by atoms with van der Waals surface area (Å²) in [5, 5.41) is 3.89. The average Bonchev–Trinajstić information content (AvgIpc) is 3.21. The van der Waals surface area contributed by atoms with E-state index in [1.807, 2.05) is 6.20 Å². The molecular formula is C32H21N. The van der Waals surface area contributed by atoms with E-state index in [0.717, 1.165) is 5.52 Å². The molecule has 33 heavy (non-hydrogen) atoms. The molecule has 6 aromatic rings. The van der Waals surface area contributed by atoms with E-state index in [9.17, 15) is 0 Å². The lowest BCUT2D eigenvalue weighted by Crippen LogP contribution is -1.95. The molecule has 0 bridgehead atoms. The van der Waals surface area contributed by atoms with Gasteiger partial charge in [0.1, 0.15) is 0 Å². The van der Waals surface area contributed by atoms with Gasteiger partial charge in [-0.2, -0.15) is 0 Å². The molecule has 1 nitrogen and oxygen atoms in total. The molecule has 0 unspecified atom stereocenters.